The van der Waals surface area contributed by atoms with Gasteiger partial charge in [-0.25, -0.2) is 4.79 Å². The maximum absolute atomic E-state index is 9.91. The van der Waals surface area contributed by atoms with Crippen LogP contribution in [0, 0.1) is 0 Å². The number of hydrogen-bond donors (Lipinski definition) is 1. The van der Waals surface area contributed by atoms with Crippen LogP contribution >= 0.6 is 0 Å². The molecule has 1 aromatic carbocycles. The Balaban J connectivity index is 3.14. The Labute approximate surface area is 69.7 Å². The fourth-order valence-corrected chi connectivity index (χ4v) is 0.841. The molecule has 4 nitrogen and oxygen atoms in total. The second-order valence-electron chi connectivity index (χ2n) is 2.17. The second-order valence-corrected chi connectivity index (χ2v) is 2.17. The number of aliphatic imine (C=N–C) groups is 1. The Kier molecular flexibility index (Phi) is 2.46. The van der Waals surface area contributed by atoms with E-state index in [1.165, 1.54) is 13.2 Å². The van der Waals surface area contributed by atoms with E-state index in [-0.39, 0.29) is 0 Å². The Morgan fingerprint density at radius 3 is 2.83 bits per heavy atom. The minimum atomic E-state index is 0.446. The highest BCUT2D eigenvalue weighted by molar-refractivity contribution is 5.59. The molecule has 4 heteroatoms. The van der Waals surface area contributed by atoms with Crippen molar-refractivity contribution in [3.63, 3.8) is 0 Å². The number of hydrogen-bond acceptors (Lipinski definition) is 4. The molecule has 0 aromatic heterocycles. The van der Waals surface area contributed by atoms with Crippen LogP contribution in [-0.2, 0) is 4.79 Å². The lowest BCUT2D eigenvalue weighted by molar-refractivity contribution is 0.415. The van der Waals surface area contributed by atoms with Crippen LogP contribution in [0.5, 0.6) is 5.75 Å². The molecule has 1 rings (SSSR count). The highest BCUT2D eigenvalue weighted by atomic mass is 16.5. The number of carbonyl (C=O) groups excluding carboxylic acids is 1. The molecule has 0 saturated heterocycles. The number of benzene rings is 1. The van der Waals surface area contributed by atoms with E-state index in [9.17, 15) is 4.79 Å². The van der Waals surface area contributed by atoms with Crippen LogP contribution in [0.2, 0.25) is 0 Å². The van der Waals surface area contributed by atoms with Crippen LogP contribution < -0.4 is 10.5 Å². The predicted octanol–water partition coefficient (Wildman–Crippen LogP) is 1.24. The van der Waals surface area contributed by atoms with Gasteiger partial charge in [0.25, 0.3) is 0 Å². The van der Waals surface area contributed by atoms with Gasteiger partial charge in [-0.1, -0.05) is 0 Å². The van der Waals surface area contributed by atoms with E-state index >= 15 is 0 Å². The summed E-state index contributed by atoms with van der Waals surface area (Å²) in [7, 11) is 1.52. The van der Waals surface area contributed by atoms with E-state index in [0.717, 1.165) is 0 Å². The summed E-state index contributed by atoms with van der Waals surface area (Å²) >= 11 is 0. The van der Waals surface area contributed by atoms with E-state index in [2.05, 4.69) is 4.99 Å². The Bertz CT molecular complexity index is 330. The van der Waals surface area contributed by atoms with Crippen molar-refractivity contribution in [3.8, 4) is 5.75 Å². The Morgan fingerprint density at radius 1 is 1.50 bits per heavy atom. The minimum Gasteiger partial charge on any atom is -0.497 e. The standard InChI is InChI=1S/C8H8N2O2/c1-12-8-3-6(9)2-7(4-8)10-5-11/h2-4H,9H2,1H3. The molecular formula is C8H8N2O2. The van der Waals surface area contributed by atoms with Crippen LogP contribution in [0.4, 0.5) is 11.4 Å². The van der Waals surface area contributed by atoms with Gasteiger partial charge in [-0.05, 0) is 6.07 Å². The largest absolute Gasteiger partial charge is 0.497 e. The first-order valence-corrected chi connectivity index (χ1v) is 3.28. The van der Waals surface area contributed by atoms with Gasteiger partial charge in [0.2, 0.25) is 6.08 Å². The normalized spacial score (nSPS) is 8.75. The van der Waals surface area contributed by atoms with Gasteiger partial charge < -0.3 is 10.5 Å². The molecule has 62 valence electrons. The third kappa shape index (κ3) is 1.84. The smallest absolute Gasteiger partial charge is 0.240 e. The lowest BCUT2D eigenvalue weighted by Crippen LogP contribution is -1.87. The third-order valence-corrected chi connectivity index (χ3v) is 1.32. The van der Waals surface area contributed by atoms with Crippen LogP contribution in [0.3, 0.4) is 0 Å². The number of methoxy groups -OCH3 is 1. The van der Waals surface area contributed by atoms with Crippen LogP contribution in [-0.4, -0.2) is 13.2 Å². The van der Waals surface area contributed by atoms with E-state index in [4.69, 9.17) is 10.5 Å². The molecule has 0 atom stereocenters. The third-order valence-electron chi connectivity index (χ3n) is 1.32. The molecule has 0 saturated carbocycles. The summed E-state index contributed by atoms with van der Waals surface area (Å²) in [5.74, 6) is 0.573. The second kappa shape index (κ2) is 3.55. The Hall–Kier alpha value is -1.80. The van der Waals surface area contributed by atoms with Crippen LogP contribution in [0.25, 0.3) is 0 Å². The van der Waals surface area contributed by atoms with Crippen LogP contribution in [0.15, 0.2) is 23.2 Å². The first-order chi connectivity index (χ1) is 5.76. The van der Waals surface area contributed by atoms with Gasteiger partial charge in [0.05, 0.1) is 12.8 Å². The number of nitrogen functional groups attached to an aromatic ring is 1. The maximum atomic E-state index is 9.91. The maximum Gasteiger partial charge on any atom is 0.240 e. The molecule has 0 aliphatic carbocycles. The number of anilines is 1. The summed E-state index contributed by atoms with van der Waals surface area (Å²) in [6.45, 7) is 0. The molecule has 0 aliphatic heterocycles. The van der Waals surface area contributed by atoms with E-state index < -0.39 is 0 Å². The van der Waals surface area contributed by atoms with Gasteiger partial charge in [-0.15, -0.1) is 0 Å². The molecule has 0 radical (unpaired) electrons. The SMILES string of the molecule is COc1cc(N)cc(N=C=O)c1. The molecule has 0 unspecified atom stereocenters. The van der Waals surface area contributed by atoms with Crippen molar-refractivity contribution in [1.82, 2.24) is 0 Å². The lowest BCUT2D eigenvalue weighted by atomic mass is 10.2. The molecule has 0 fully saturated rings. The molecule has 0 amide bonds. The van der Waals surface area contributed by atoms with E-state index in [0.29, 0.717) is 17.1 Å². The van der Waals surface area contributed by atoms with Crippen molar-refractivity contribution >= 4 is 17.5 Å². The monoisotopic (exact) mass is 164 g/mol. The molecule has 0 spiro atoms. The van der Waals surface area contributed by atoms with Gasteiger partial charge in [-0.3, -0.25) is 0 Å². The van der Waals surface area contributed by atoms with Gasteiger partial charge in [0, 0.05) is 17.8 Å². The summed E-state index contributed by atoms with van der Waals surface area (Å²) in [6.07, 6.45) is 1.43. The fraction of sp³-hybridized carbons (Fsp3) is 0.125. The number of rotatable bonds is 2. The molecule has 1 aromatic rings. The van der Waals surface area contributed by atoms with Gasteiger partial charge in [-0.2, -0.15) is 4.99 Å². The molecule has 0 heterocycles. The highest BCUT2D eigenvalue weighted by Gasteiger charge is 1.96. The van der Waals surface area contributed by atoms with Gasteiger partial charge >= 0.3 is 0 Å². The first-order valence-electron chi connectivity index (χ1n) is 3.28. The minimum absolute atomic E-state index is 0.446. The molecular weight excluding hydrogens is 156 g/mol. The number of nitrogens with zero attached hydrogens (tertiary/aromatic N) is 1. The van der Waals surface area contributed by atoms with Crippen molar-refractivity contribution in [2.75, 3.05) is 12.8 Å². The van der Waals surface area contributed by atoms with Crippen molar-refractivity contribution < 1.29 is 9.53 Å². The number of ether oxygens (including phenoxy) is 1. The number of nitrogens with two attached hydrogens (primary N) is 1. The molecule has 0 bridgehead atoms. The zero-order chi connectivity index (χ0) is 8.97. The predicted molar refractivity (Wildman–Crippen MR) is 45.2 cm³/mol. The zero-order valence-electron chi connectivity index (χ0n) is 6.57. The van der Waals surface area contributed by atoms with E-state index in [1.807, 2.05) is 0 Å². The molecule has 12 heavy (non-hydrogen) atoms. The average molecular weight is 164 g/mol. The average Bonchev–Trinajstić information content (AvgIpc) is 2.04. The molecule has 2 N–H and O–H groups in total. The topological polar surface area (TPSA) is 64.7 Å². The van der Waals surface area contributed by atoms with Crippen molar-refractivity contribution in [2.45, 2.75) is 0 Å². The van der Waals surface area contributed by atoms with Crippen molar-refractivity contribution in [1.29, 1.82) is 0 Å². The summed E-state index contributed by atoms with van der Waals surface area (Å²) < 4.78 is 4.91. The quantitative estimate of drug-likeness (QED) is 0.406. The summed E-state index contributed by atoms with van der Waals surface area (Å²) in [5, 5.41) is 0. The zero-order valence-corrected chi connectivity index (χ0v) is 6.57. The van der Waals surface area contributed by atoms with E-state index in [1.54, 1.807) is 18.2 Å². The van der Waals surface area contributed by atoms with Crippen LogP contribution in [0.1, 0.15) is 0 Å². The Morgan fingerprint density at radius 2 is 2.25 bits per heavy atom. The number of isocyanates is 1. The first kappa shape index (κ1) is 8.30. The molecule has 0 aliphatic rings. The summed E-state index contributed by atoms with van der Waals surface area (Å²) in [5.41, 5.74) is 6.44. The summed E-state index contributed by atoms with van der Waals surface area (Å²) in [6, 6.07) is 4.80. The highest BCUT2D eigenvalue weighted by Crippen LogP contribution is 2.23. The van der Waals surface area contributed by atoms with Gasteiger partial charge in [0.15, 0.2) is 0 Å². The fourth-order valence-electron chi connectivity index (χ4n) is 0.841. The van der Waals surface area contributed by atoms with Crippen molar-refractivity contribution in [3.05, 3.63) is 18.2 Å². The summed E-state index contributed by atoms with van der Waals surface area (Å²) in [4.78, 5) is 13.3. The lowest BCUT2D eigenvalue weighted by Gasteiger charge is -2.01. The van der Waals surface area contributed by atoms with Crippen molar-refractivity contribution in [2.24, 2.45) is 4.99 Å². The van der Waals surface area contributed by atoms with Gasteiger partial charge in [0.1, 0.15) is 5.75 Å².